The van der Waals surface area contributed by atoms with E-state index in [1.165, 1.54) is 25.2 Å². The molecule has 0 saturated heterocycles. The smallest absolute Gasteiger partial charge is 0.223 e. The zero-order chi connectivity index (χ0) is 18.0. The fourth-order valence-electron chi connectivity index (χ4n) is 2.49. The molecule has 25 heavy (non-hydrogen) atoms. The normalized spacial score (nSPS) is 10.8. The largest absolute Gasteiger partial charge is 0.360 e. The minimum absolute atomic E-state index is 0.210. The summed E-state index contributed by atoms with van der Waals surface area (Å²) in [6.07, 6.45) is 0.892. The molecule has 0 saturated carbocycles. The van der Waals surface area contributed by atoms with Crippen molar-refractivity contribution in [1.29, 1.82) is 0 Å². The monoisotopic (exact) mass is 356 g/mol. The molecule has 0 spiro atoms. The number of carbonyl (C=O) groups is 3. The van der Waals surface area contributed by atoms with Crippen LogP contribution in [0, 0.1) is 0 Å². The number of hydrogen-bond acceptors (Lipinski definition) is 5. The summed E-state index contributed by atoms with van der Waals surface area (Å²) in [5.41, 5.74) is 1.82. The van der Waals surface area contributed by atoms with Crippen molar-refractivity contribution < 1.29 is 14.4 Å². The lowest BCUT2D eigenvalue weighted by atomic mass is 10.1. The Kier molecular flexibility index (Phi) is 4.62. The number of H-pyrrole nitrogens is 1. The first-order valence-corrected chi connectivity index (χ1v) is 8.44. The Labute approximate surface area is 147 Å². The molecular formula is C17H16N4O3S. The molecule has 0 bridgehead atoms. The predicted octanol–water partition coefficient (Wildman–Crippen LogP) is 2.13. The first kappa shape index (κ1) is 16.8. The summed E-state index contributed by atoms with van der Waals surface area (Å²) < 4.78 is 0. The number of ketones is 1. The summed E-state index contributed by atoms with van der Waals surface area (Å²) in [4.78, 5) is 42.8. The van der Waals surface area contributed by atoms with Gasteiger partial charge in [-0.2, -0.15) is 0 Å². The lowest BCUT2D eigenvalue weighted by Gasteiger charge is -2.16. The highest BCUT2D eigenvalue weighted by Crippen LogP contribution is 2.23. The number of rotatable bonds is 5. The number of para-hydroxylation sites is 1. The van der Waals surface area contributed by atoms with Crippen molar-refractivity contribution in [2.24, 2.45) is 0 Å². The Morgan fingerprint density at radius 2 is 1.80 bits per heavy atom. The van der Waals surface area contributed by atoms with Crippen molar-refractivity contribution in [2.45, 2.75) is 20.0 Å². The Morgan fingerprint density at radius 3 is 2.48 bits per heavy atom. The molecule has 0 fully saturated rings. The summed E-state index contributed by atoms with van der Waals surface area (Å²) in [6, 6.07) is 7.51. The van der Waals surface area contributed by atoms with E-state index in [0.29, 0.717) is 16.3 Å². The standard InChI is InChI=1S/C17H16N4O3S/c1-9(22)19-16(20-10(2)23)14-8-25-17(21-14)15(24)12-7-18-13-6-4-3-5-11(12)13/h3-8,16,18H,1-2H3,(H,19,22)(H,20,23). The minimum atomic E-state index is -0.768. The molecule has 0 unspecified atom stereocenters. The van der Waals surface area contributed by atoms with Gasteiger partial charge in [0.05, 0.1) is 11.3 Å². The average molecular weight is 356 g/mol. The predicted molar refractivity (Wildman–Crippen MR) is 94.2 cm³/mol. The number of nitrogens with one attached hydrogen (secondary N) is 3. The number of fused-ring (bicyclic) bond motifs is 1. The Bertz CT molecular complexity index is 944. The third-order valence-electron chi connectivity index (χ3n) is 3.54. The summed E-state index contributed by atoms with van der Waals surface area (Å²) >= 11 is 1.17. The zero-order valence-corrected chi connectivity index (χ0v) is 14.4. The molecule has 3 rings (SSSR count). The van der Waals surface area contributed by atoms with Crippen molar-refractivity contribution in [3.8, 4) is 0 Å². The van der Waals surface area contributed by atoms with E-state index in [1.54, 1.807) is 11.6 Å². The number of carbonyl (C=O) groups excluding carboxylic acids is 3. The van der Waals surface area contributed by atoms with E-state index in [1.807, 2.05) is 24.3 Å². The van der Waals surface area contributed by atoms with Gasteiger partial charge in [-0.15, -0.1) is 11.3 Å². The highest BCUT2D eigenvalue weighted by Gasteiger charge is 2.21. The number of benzene rings is 1. The van der Waals surface area contributed by atoms with Gasteiger partial charge in [0.2, 0.25) is 17.6 Å². The number of amides is 2. The first-order valence-electron chi connectivity index (χ1n) is 7.56. The molecule has 1 aromatic carbocycles. The van der Waals surface area contributed by atoms with Crippen LogP contribution in [0.3, 0.4) is 0 Å². The minimum Gasteiger partial charge on any atom is -0.360 e. The molecule has 0 aliphatic heterocycles. The Morgan fingerprint density at radius 1 is 1.12 bits per heavy atom. The van der Waals surface area contributed by atoms with Crippen LogP contribution in [-0.2, 0) is 9.59 Å². The molecule has 0 aliphatic carbocycles. The van der Waals surface area contributed by atoms with E-state index in [9.17, 15) is 14.4 Å². The topological polar surface area (TPSA) is 104 Å². The van der Waals surface area contributed by atoms with Crippen LogP contribution < -0.4 is 10.6 Å². The number of aromatic nitrogens is 2. The first-order chi connectivity index (χ1) is 12.0. The second kappa shape index (κ2) is 6.86. The SMILES string of the molecule is CC(=O)NC(NC(C)=O)c1csc(C(=O)c2c[nH]c3ccccc23)n1. The van der Waals surface area contributed by atoms with E-state index in [-0.39, 0.29) is 17.6 Å². The maximum absolute atomic E-state index is 12.8. The molecule has 8 heteroatoms. The van der Waals surface area contributed by atoms with Crippen LogP contribution in [0.15, 0.2) is 35.8 Å². The van der Waals surface area contributed by atoms with Crippen molar-refractivity contribution in [3.63, 3.8) is 0 Å². The van der Waals surface area contributed by atoms with Gasteiger partial charge in [-0.05, 0) is 6.07 Å². The molecule has 7 nitrogen and oxygen atoms in total. The van der Waals surface area contributed by atoms with Crippen LogP contribution >= 0.6 is 11.3 Å². The van der Waals surface area contributed by atoms with Crippen molar-refractivity contribution in [3.05, 3.63) is 52.1 Å². The molecule has 3 N–H and O–H groups in total. The second-order valence-corrected chi connectivity index (χ2v) is 6.35. The van der Waals surface area contributed by atoms with E-state index >= 15 is 0 Å². The molecule has 0 aliphatic rings. The van der Waals surface area contributed by atoms with Gasteiger partial charge in [-0.25, -0.2) is 4.98 Å². The average Bonchev–Trinajstić information content (AvgIpc) is 3.20. The van der Waals surface area contributed by atoms with Gasteiger partial charge in [0.25, 0.3) is 0 Å². The number of aromatic amines is 1. The summed E-state index contributed by atoms with van der Waals surface area (Å²) in [6.45, 7) is 2.69. The second-order valence-electron chi connectivity index (χ2n) is 5.49. The number of thiazole rings is 1. The summed E-state index contributed by atoms with van der Waals surface area (Å²) in [7, 11) is 0. The van der Waals surface area contributed by atoms with Crippen LogP contribution in [0.4, 0.5) is 0 Å². The Balaban J connectivity index is 1.90. The van der Waals surface area contributed by atoms with Crippen LogP contribution in [0.5, 0.6) is 0 Å². The molecule has 0 radical (unpaired) electrons. The van der Waals surface area contributed by atoms with E-state index in [4.69, 9.17) is 0 Å². The van der Waals surface area contributed by atoms with Gasteiger partial charge in [-0.1, -0.05) is 18.2 Å². The van der Waals surface area contributed by atoms with Crippen LogP contribution in [0.1, 0.15) is 41.1 Å². The molecule has 2 aromatic heterocycles. The van der Waals surface area contributed by atoms with Gasteiger partial charge in [-0.3, -0.25) is 14.4 Å². The zero-order valence-electron chi connectivity index (χ0n) is 13.6. The van der Waals surface area contributed by atoms with Gasteiger partial charge in [0.15, 0.2) is 5.01 Å². The fourth-order valence-corrected chi connectivity index (χ4v) is 3.28. The fraction of sp³-hybridized carbons (Fsp3) is 0.176. The molecule has 2 heterocycles. The van der Waals surface area contributed by atoms with E-state index in [2.05, 4.69) is 20.6 Å². The third-order valence-corrected chi connectivity index (χ3v) is 4.40. The maximum Gasteiger partial charge on any atom is 0.223 e. The van der Waals surface area contributed by atoms with E-state index < -0.39 is 6.17 Å². The lowest BCUT2D eigenvalue weighted by molar-refractivity contribution is -0.122. The highest BCUT2D eigenvalue weighted by molar-refractivity contribution is 7.12. The summed E-state index contributed by atoms with van der Waals surface area (Å²) in [5.74, 6) is -0.828. The molecule has 128 valence electrons. The highest BCUT2D eigenvalue weighted by atomic mass is 32.1. The quantitative estimate of drug-likeness (QED) is 0.481. The summed E-state index contributed by atoms with van der Waals surface area (Å²) in [5, 5.41) is 7.97. The lowest BCUT2D eigenvalue weighted by Crippen LogP contribution is -2.39. The van der Waals surface area contributed by atoms with Crippen LogP contribution in [-0.4, -0.2) is 27.6 Å². The van der Waals surface area contributed by atoms with Crippen molar-refractivity contribution in [1.82, 2.24) is 20.6 Å². The van der Waals surface area contributed by atoms with E-state index in [0.717, 1.165) is 10.9 Å². The van der Waals surface area contributed by atoms with Gasteiger partial charge < -0.3 is 15.6 Å². The molecule has 0 atom stereocenters. The van der Waals surface area contributed by atoms with Crippen molar-refractivity contribution in [2.75, 3.05) is 0 Å². The van der Waals surface area contributed by atoms with Crippen molar-refractivity contribution >= 4 is 39.8 Å². The molecular weight excluding hydrogens is 340 g/mol. The maximum atomic E-state index is 12.8. The van der Waals surface area contributed by atoms with Crippen LogP contribution in [0.25, 0.3) is 10.9 Å². The Hall–Kier alpha value is -3.00. The number of nitrogens with zero attached hydrogens (tertiary/aromatic N) is 1. The number of hydrogen-bond donors (Lipinski definition) is 3. The van der Waals surface area contributed by atoms with Gasteiger partial charge in [0.1, 0.15) is 6.17 Å². The van der Waals surface area contributed by atoms with Gasteiger partial charge >= 0.3 is 0 Å². The van der Waals surface area contributed by atoms with Crippen LogP contribution in [0.2, 0.25) is 0 Å². The molecule has 2 amide bonds. The van der Waals surface area contributed by atoms with Gasteiger partial charge in [0, 0.05) is 36.3 Å². The molecule has 3 aromatic rings. The third kappa shape index (κ3) is 3.58.